The summed E-state index contributed by atoms with van der Waals surface area (Å²) in [7, 11) is 0. The Kier molecular flexibility index (Phi) is 7.73. The number of nitrogens with one attached hydrogen (secondary N) is 1. The van der Waals surface area contributed by atoms with Crippen LogP contribution in [0.25, 0.3) is 11.4 Å². The summed E-state index contributed by atoms with van der Waals surface area (Å²) >= 11 is 0. The molecule has 2 atom stereocenters. The predicted octanol–water partition coefficient (Wildman–Crippen LogP) is 4.91. The predicted molar refractivity (Wildman–Crippen MR) is 129 cm³/mol. The molecule has 180 valence electrons. The molecule has 1 saturated heterocycles. The number of rotatable bonds is 8. The van der Waals surface area contributed by atoms with E-state index in [0.717, 1.165) is 25.2 Å². The molecule has 0 radical (unpaired) electrons. The Morgan fingerprint density at radius 1 is 1.15 bits per heavy atom. The minimum absolute atomic E-state index is 0.0730. The van der Waals surface area contributed by atoms with Crippen molar-refractivity contribution in [1.29, 1.82) is 0 Å². The Labute approximate surface area is 200 Å². The molecule has 34 heavy (non-hydrogen) atoms. The van der Waals surface area contributed by atoms with E-state index >= 15 is 0 Å². The first-order valence-electron chi connectivity index (χ1n) is 12.0. The average Bonchev–Trinajstić information content (AvgIpc) is 3.27. The standard InChI is InChI=1S/C27H33FN4O2/c1-18-12-19(2)16-32(15-18)17-23-7-5-4-6-22(23)14-29-25(33)10-11-26-30-27(31-34-26)21-9-8-20(3)24(28)13-21/h4-9,13,18-19H,10-12,14-17H2,1-3H3,(H,29,33). The molecular formula is C27H33FN4O2. The van der Waals surface area contributed by atoms with Gasteiger partial charge in [0.2, 0.25) is 17.6 Å². The van der Waals surface area contributed by atoms with Crippen LogP contribution in [0.3, 0.4) is 0 Å². The average molecular weight is 465 g/mol. The van der Waals surface area contributed by atoms with Gasteiger partial charge in [0, 0.05) is 44.6 Å². The van der Waals surface area contributed by atoms with Crippen LogP contribution < -0.4 is 5.32 Å². The van der Waals surface area contributed by atoms with Crippen LogP contribution in [0.15, 0.2) is 47.0 Å². The maximum Gasteiger partial charge on any atom is 0.227 e. The van der Waals surface area contributed by atoms with Crippen molar-refractivity contribution in [3.05, 3.63) is 70.9 Å². The number of carbonyl (C=O) groups excluding carboxylic acids is 1. The number of likely N-dealkylation sites (tertiary alicyclic amines) is 1. The third-order valence-corrected chi connectivity index (χ3v) is 6.40. The molecule has 2 unspecified atom stereocenters. The lowest BCUT2D eigenvalue weighted by atomic mass is 9.91. The zero-order valence-electron chi connectivity index (χ0n) is 20.2. The molecule has 0 aliphatic carbocycles. The van der Waals surface area contributed by atoms with Crippen LogP contribution in [0.2, 0.25) is 0 Å². The second-order valence-electron chi connectivity index (χ2n) is 9.66. The number of hydrogen-bond acceptors (Lipinski definition) is 5. The number of benzene rings is 2. The normalized spacial score (nSPS) is 18.7. The van der Waals surface area contributed by atoms with E-state index in [-0.39, 0.29) is 18.1 Å². The van der Waals surface area contributed by atoms with Gasteiger partial charge < -0.3 is 9.84 Å². The van der Waals surface area contributed by atoms with E-state index in [2.05, 4.69) is 52.4 Å². The van der Waals surface area contributed by atoms with Crippen molar-refractivity contribution >= 4 is 5.91 Å². The van der Waals surface area contributed by atoms with Gasteiger partial charge in [0.1, 0.15) is 5.82 Å². The summed E-state index contributed by atoms with van der Waals surface area (Å²) in [5.74, 6) is 1.73. The van der Waals surface area contributed by atoms with Gasteiger partial charge in [0.15, 0.2) is 0 Å². The zero-order valence-corrected chi connectivity index (χ0v) is 20.2. The number of hydrogen-bond donors (Lipinski definition) is 1. The molecule has 2 aromatic carbocycles. The molecule has 1 aliphatic heterocycles. The van der Waals surface area contributed by atoms with Gasteiger partial charge in [-0.15, -0.1) is 0 Å². The molecule has 1 fully saturated rings. The highest BCUT2D eigenvalue weighted by Crippen LogP contribution is 2.23. The molecule has 0 bridgehead atoms. The van der Waals surface area contributed by atoms with E-state index in [0.29, 0.717) is 47.6 Å². The Balaban J connectivity index is 1.29. The van der Waals surface area contributed by atoms with Gasteiger partial charge in [-0.3, -0.25) is 9.69 Å². The second kappa shape index (κ2) is 10.9. The van der Waals surface area contributed by atoms with Crippen LogP contribution in [0.1, 0.15) is 49.3 Å². The first-order chi connectivity index (χ1) is 16.4. The maximum absolute atomic E-state index is 13.8. The molecule has 1 aliphatic rings. The molecular weight excluding hydrogens is 431 g/mol. The van der Waals surface area contributed by atoms with E-state index < -0.39 is 0 Å². The first-order valence-corrected chi connectivity index (χ1v) is 12.0. The molecule has 1 amide bonds. The Morgan fingerprint density at radius 3 is 2.62 bits per heavy atom. The summed E-state index contributed by atoms with van der Waals surface area (Å²) in [4.78, 5) is 19.3. The fourth-order valence-electron chi connectivity index (χ4n) is 4.75. The molecule has 1 N–H and O–H groups in total. The lowest BCUT2D eigenvalue weighted by Gasteiger charge is -2.35. The lowest BCUT2D eigenvalue weighted by molar-refractivity contribution is -0.121. The fourth-order valence-corrected chi connectivity index (χ4v) is 4.75. The topological polar surface area (TPSA) is 71.3 Å². The molecule has 0 spiro atoms. The number of carbonyl (C=O) groups is 1. The Morgan fingerprint density at radius 2 is 1.88 bits per heavy atom. The molecule has 3 aromatic rings. The highest BCUT2D eigenvalue weighted by atomic mass is 19.1. The third-order valence-electron chi connectivity index (χ3n) is 6.40. The third kappa shape index (κ3) is 6.29. The van der Waals surface area contributed by atoms with Crippen LogP contribution in [0.4, 0.5) is 4.39 Å². The van der Waals surface area contributed by atoms with Crippen LogP contribution >= 0.6 is 0 Å². The Bertz CT molecular complexity index is 1120. The van der Waals surface area contributed by atoms with Crippen molar-refractivity contribution in [1.82, 2.24) is 20.4 Å². The van der Waals surface area contributed by atoms with E-state index in [4.69, 9.17) is 4.52 Å². The van der Waals surface area contributed by atoms with Gasteiger partial charge in [0.05, 0.1) is 0 Å². The number of piperidine rings is 1. The number of amides is 1. The summed E-state index contributed by atoms with van der Waals surface area (Å²) in [6, 6.07) is 13.1. The summed E-state index contributed by atoms with van der Waals surface area (Å²) in [5.41, 5.74) is 3.52. The monoisotopic (exact) mass is 464 g/mol. The summed E-state index contributed by atoms with van der Waals surface area (Å²) in [6.07, 6.45) is 1.86. The van der Waals surface area contributed by atoms with Crippen molar-refractivity contribution < 1.29 is 13.7 Å². The fraction of sp³-hybridized carbons (Fsp3) is 0.444. The highest BCUT2D eigenvalue weighted by molar-refractivity contribution is 5.76. The van der Waals surface area contributed by atoms with Gasteiger partial charge in [-0.25, -0.2) is 4.39 Å². The van der Waals surface area contributed by atoms with Crippen molar-refractivity contribution in [2.24, 2.45) is 11.8 Å². The summed E-state index contributed by atoms with van der Waals surface area (Å²) < 4.78 is 19.1. The van der Waals surface area contributed by atoms with E-state index in [1.165, 1.54) is 18.1 Å². The molecule has 0 saturated carbocycles. The van der Waals surface area contributed by atoms with Crippen LogP contribution in [0.5, 0.6) is 0 Å². The van der Waals surface area contributed by atoms with Crippen molar-refractivity contribution in [2.75, 3.05) is 13.1 Å². The second-order valence-corrected chi connectivity index (χ2v) is 9.66. The molecule has 2 heterocycles. The number of nitrogens with zero attached hydrogens (tertiary/aromatic N) is 3. The molecule has 7 heteroatoms. The first kappa shape index (κ1) is 24.1. The molecule has 4 rings (SSSR count). The minimum Gasteiger partial charge on any atom is -0.352 e. The number of halogens is 1. The lowest BCUT2D eigenvalue weighted by Crippen LogP contribution is -2.38. The van der Waals surface area contributed by atoms with E-state index in [1.54, 1.807) is 19.1 Å². The van der Waals surface area contributed by atoms with Crippen LogP contribution in [-0.4, -0.2) is 34.0 Å². The van der Waals surface area contributed by atoms with Crippen molar-refractivity contribution in [3.63, 3.8) is 0 Å². The zero-order chi connectivity index (χ0) is 24.1. The van der Waals surface area contributed by atoms with E-state index in [1.807, 2.05) is 6.07 Å². The van der Waals surface area contributed by atoms with E-state index in [9.17, 15) is 9.18 Å². The molecule has 6 nitrogen and oxygen atoms in total. The minimum atomic E-state index is -0.312. The van der Waals surface area contributed by atoms with Crippen molar-refractivity contribution in [3.8, 4) is 11.4 Å². The van der Waals surface area contributed by atoms with Gasteiger partial charge in [-0.05, 0) is 47.9 Å². The van der Waals surface area contributed by atoms with Gasteiger partial charge in [-0.2, -0.15) is 4.98 Å². The van der Waals surface area contributed by atoms with Crippen LogP contribution in [-0.2, 0) is 24.3 Å². The smallest absolute Gasteiger partial charge is 0.227 e. The molecule has 1 aromatic heterocycles. The maximum atomic E-state index is 13.8. The Hall–Kier alpha value is -3.06. The van der Waals surface area contributed by atoms with Crippen molar-refractivity contribution in [2.45, 2.75) is 53.1 Å². The van der Waals surface area contributed by atoms with Crippen LogP contribution in [0, 0.1) is 24.6 Å². The van der Waals surface area contributed by atoms with Gasteiger partial charge in [0.25, 0.3) is 0 Å². The summed E-state index contributed by atoms with van der Waals surface area (Å²) in [5, 5.41) is 6.94. The largest absolute Gasteiger partial charge is 0.352 e. The van der Waals surface area contributed by atoms with Gasteiger partial charge in [-0.1, -0.05) is 55.4 Å². The summed E-state index contributed by atoms with van der Waals surface area (Å²) in [6.45, 7) is 9.97. The van der Waals surface area contributed by atoms with Gasteiger partial charge >= 0.3 is 0 Å². The number of aryl methyl sites for hydroxylation is 2. The highest BCUT2D eigenvalue weighted by Gasteiger charge is 2.22. The SMILES string of the molecule is Cc1ccc(-c2noc(CCC(=O)NCc3ccccc3CN3CC(C)CC(C)C3)n2)cc1F. The number of aromatic nitrogens is 2. The quantitative estimate of drug-likeness (QED) is 0.513.